The van der Waals surface area contributed by atoms with Gasteiger partial charge < -0.3 is 15.4 Å². The van der Waals surface area contributed by atoms with Gasteiger partial charge in [0.2, 0.25) is 5.88 Å². The second-order valence-electron chi connectivity index (χ2n) is 3.78. The van der Waals surface area contributed by atoms with E-state index in [4.69, 9.17) is 4.74 Å². The van der Waals surface area contributed by atoms with Crippen molar-refractivity contribution in [3.8, 4) is 5.88 Å². The molecular formula is C12H17N3O. The average molecular weight is 219 g/mol. The molecule has 4 nitrogen and oxygen atoms in total. The summed E-state index contributed by atoms with van der Waals surface area (Å²) >= 11 is 0. The van der Waals surface area contributed by atoms with E-state index in [1.54, 1.807) is 0 Å². The summed E-state index contributed by atoms with van der Waals surface area (Å²) in [6.07, 6.45) is 2.01. The van der Waals surface area contributed by atoms with Gasteiger partial charge in [-0.25, -0.2) is 0 Å². The maximum atomic E-state index is 5.57. The molecule has 0 bridgehead atoms. The molecule has 0 radical (unpaired) electrons. The van der Waals surface area contributed by atoms with Crippen LogP contribution >= 0.6 is 0 Å². The maximum Gasteiger partial charge on any atom is 0.219 e. The summed E-state index contributed by atoms with van der Waals surface area (Å²) in [7, 11) is 0. The molecule has 0 amide bonds. The SMILES string of the molecule is C/C=C(\C)Nc1ccc2c(n1)OCCNC2. The lowest BCUT2D eigenvalue weighted by Gasteiger charge is -2.09. The van der Waals surface area contributed by atoms with Crippen molar-refractivity contribution >= 4 is 5.82 Å². The molecule has 0 atom stereocenters. The highest BCUT2D eigenvalue weighted by molar-refractivity contribution is 5.45. The second-order valence-corrected chi connectivity index (χ2v) is 3.78. The van der Waals surface area contributed by atoms with E-state index in [1.165, 1.54) is 0 Å². The van der Waals surface area contributed by atoms with Crippen LogP contribution in [0.3, 0.4) is 0 Å². The molecule has 0 aliphatic carbocycles. The molecule has 1 aliphatic heterocycles. The predicted octanol–water partition coefficient (Wildman–Crippen LogP) is 1.90. The van der Waals surface area contributed by atoms with E-state index in [1.807, 2.05) is 32.1 Å². The van der Waals surface area contributed by atoms with Gasteiger partial charge in [-0.1, -0.05) is 6.08 Å². The molecule has 1 aromatic heterocycles. The normalized spacial score (nSPS) is 16.0. The number of ether oxygens (including phenoxy) is 1. The van der Waals surface area contributed by atoms with E-state index in [0.29, 0.717) is 6.61 Å². The summed E-state index contributed by atoms with van der Waals surface area (Å²) in [5.41, 5.74) is 2.19. The number of hydrogen-bond acceptors (Lipinski definition) is 4. The lowest BCUT2D eigenvalue weighted by atomic mass is 10.2. The Morgan fingerprint density at radius 1 is 1.56 bits per heavy atom. The lowest BCUT2D eigenvalue weighted by molar-refractivity contribution is 0.314. The molecule has 2 rings (SSSR count). The summed E-state index contributed by atoms with van der Waals surface area (Å²) in [6.45, 7) is 6.37. The number of aromatic nitrogens is 1. The van der Waals surface area contributed by atoms with E-state index in [-0.39, 0.29) is 0 Å². The number of hydrogen-bond donors (Lipinski definition) is 2. The highest BCUT2D eigenvalue weighted by Gasteiger charge is 2.10. The average Bonchev–Trinajstić information content (AvgIpc) is 2.53. The van der Waals surface area contributed by atoms with Crippen LogP contribution in [0.1, 0.15) is 19.4 Å². The molecule has 4 heteroatoms. The highest BCUT2D eigenvalue weighted by Crippen LogP contribution is 2.20. The summed E-state index contributed by atoms with van der Waals surface area (Å²) < 4.78 is 5.57. The van der Waals surface area contributed by atoms with Crippen molar-refractivity contribution in [3.05, 3.63) is 29.5 Å². The Hall–Kier alpha value is -1.55. The summed E-state index contributed by atoms with van der Waals surface area (Å²) in [5.74, 6) is 1.56. The minimum atomic E-state index is 0.673. The Labute approximate surface area is 95.7 Å². The molecule has 2 heterocycles. The van der Waals surface area contributed by atoms with Gasteiger partial charge in [0, 0.05) is 24.4 Å². The number of allylic oxidation sites excluding steroid dienone is 2. The van der Waals surface area contributed by atoms with Gasteiger partial charge in [-0.05, 0) is 26.0 Å². The van der Waals surface area contributed by atoms with Crippen LogP contribution in [0.15, 0.2) is 23.9 Å². The first kappa shape index (κ1) is 11.0. The van der Waals surface area contributed by atoms with Crippen LogP contribution in [0.25, 0.3) is 0 Å². The Balaban J connectivity index is 2.20. The van der Waals surface area contributed by atoms with E-state index >= 15 is 0 Å². The highest BCUT2D eigenvalue weighted by atomic mass is 16.5. The number of pyridine rings is 1. The van der Waals surface area contributed by atoms with Gasteiger partial charge >= 0.3 is 0 Å². The molecule has 1 aromatic rings. The number of fused-ring (bicyclic) bond motifs is 1. The third-order valence-electron chi connectivity index (χ3n) is 2.53. The molecule has 0 aromatic carbocycles. The van der Waals surface area contributed by atoms with Crippen molar-refractivity contribution in [1.82, 2.24) is 10.3 Å². The zero-order valence-electron chi connectivity index (χ0n) is 9.71. The molecule has 86 valence electrons. The monoisotopic (exact) mass is 219 g/mol. The van der Waals surface area contributed by atoms with Crippen molar-refractivity contribution in [2.24, 2.45) is 0 Å². The van der Waals surface area contributed by atoms with Crippen molar-refractivity contribution < 1.29 is 4.74 Å². The fourth-order valence-corrected chi connectivity index (χ4v) is 1.52. The second kappa shape index (κ2) is 4.99. The zero-order chi connectivity index (χ0) is 11.4. The van der Waals surface area contributed by atoms with Gasteiger partial charge in [0.05, 0.1) is 0 Å². The third kappa shape index (κ3) is 2.52. The molecule has 1 aliphatic rings. The van der Waals surface area contributed by atoms with Crippen molar-refractivity contribution in [3.63, 3.8) is 0 Å². The fourth-order valence-electron chi connectivity index (χ4n) is 1.52. The van der Waals surface area contributed by atoms with Gasteiger partial charge in [0.25, 0.3) is 0 Å². The molecule has 0 saturated carbocycles. The Morgan fingerprint density at radius 2 is 2.44 bits per heavy atom. The van der Waals surface area contributed by atoms with Gasteiger partial charge in [-0.3, -0.25) is 0 Å². The van der Waals surface area contributed by atoms with Crippen LogP contribution in [-0.4, -0.2) is 18.1 Å². The van der Waals surface area contributed by atoms with Gasteiger partial charge in [0.15, 0.2) is 0 Å². The number of anilines is 1. The first-order valence-electron chi connectivity index (χ1n) is 5.53. The smallest absolute Gasteiger partial charge is 0.219 e. The predicted molar refractivity (Wildman–Crippen MR) is 64.5 cm³/mol. The minimum Gasteiger partial charge on any atom is -0.476 e. The molecule has 2 N–H and O–H groups in total. The van der Waals surface area contributed by atoms with E-state index in [2.05, 4.69) is 15.6 Å². The lowest BCUT2D eigenvalue weighted by Crippen LogP contribution is -2.16. The first-order chi connectivity index (χ1) is 7.79. The quantitative estimate of drug-likeness (QED) is 0.797. The largest absolute Gasteiger partial charge is 0.476 e. The van der Waals surface area contributed by atoms with Crippen LogP contribution in [0.5, 0.6) is 5.88 Å². The Kier molecular flexibility index (Phi) is 3.41. The first-order valence-corrected chi connectivity index (χ1v) is 5.53. The van der Waals surface area contributed by atoms with Crippen LogP contribution in [0.2, 0.25) is 0 Å². The van der Waals surface area contributed by atoms with Crippen LogP contribution < -0.4 is 15.4 Å². The topological polar surface area (TPSA) is 46.2 Å². The standard InChI is InChI=1S/C12H17N3O/c1-3-9(2)14-11-5-4-10-8-13-6-7-16-12(10)15-11/h3-5,13H,6-8H2,1-2H3,(H,14,15)/b9-3+. The molecule has 0 spiro atoms. The number of nitrogens with one attached hydrogen (secondary N) is 2. The van der Waals surface area contributed by atoms with Crippen LogP contribution in [0, 0.1) is 0 Å². The van der Waals surface area contributed by atoms with E-state index in [0.717, 1.165) is 36.0 Å². The van der Waals surface area contributed by atoms with Crippen molar-refractivity contribution in [2.75, 3.05) is 18.5 Å². The van der Waals surface area contributed by atoms with E-state index in [9.17, 15) is 0 Å². The number of nitrogens with zero attached hydrogens (tertiary/aromatic N) is 1. The molecular weight excluding hydrogens is 202 g/mol. The van der Waals surface area contributed by atoms with Crippen molar-refractivity contribution in [1.29, 1.82) is 0 Å². The maximum absolute atomic E-state index is 5.57. The molecule has 16 heavy (non-hydrogen) atoms. The Bertz CT molecular complexity index is 401. The van der Waals surface area contributed by atoms with Crippen LogP contribution in [-0.2, 0) is 6.54 Å². The minimum absolute atomic E-state index is 0.673. The van der Waals surface area contributed by atoms with Gasteiger partial charge in [-0.2, -0.15) is 4.98 Å². The molecule has 0 unspecified atom stereocenters. The van der Waals surface area contributed by atoms with Crippen LogP contribution in [0.4, 0.5) is 5.82 Å². The number of rotatable bonds is 2. The molecule has 0 saturated heterocycles. The summed E-state index contributed by atoms with van der Waals surface area (Å²) in [6, 6.07) is 4.02. The van der Waals surface area contributed by atoms with E-state index < -0.39 is 0 Å². The summed E-state index contributed by atoms with van der Waals surface area (Å²) in [5, 5.41) is 6.49. The molecule has 0 fully saturated rings. The van der Waals surface area contributed by atoms with Gasteiger partial charge in [0.1, 0.15) is 12.4 Å². The summed E-state index contributed by atoms with van der Waals surface area (Å²) in [4.78, 5) is 4.45. The fraction of sp³-hybridized carbons (Fsp3) is 0.417. The van der Waals surface area contributed by atoms with Gasteiger partial charge in [-0.15, -0.1) is 0 Å². The Morgan fingerprint density at radius 3 is 3.25 bits per heavy atom. The zero-order valence-corrected chi connectivity index (χ0v) is 9.71. The van der Waals surface area contributed by atoms with Crippen molar-refractivity contribution in [2.45, 2.75) is 20.4 Å². The third-order valence-corrected chi connectivity index (χ3v) is 2.53.